The first-order valence-electron chi connectivity index (χ1n) is 8.89. The molecule has 0 spiro atoms. The predicted molar refractivity (Wildman–Crippen MR) is 112 cm³/mol. The predicted octanol–water partition coefficient (Wildman–Crippen LogP) is 3.43. The number of para-hydroxylation sites is 1. The minimum atomic E-state index is -4.02. The van der Waals surface area contributed by atoms with Gasteiger partial charge in [0, 0.05) is 23.9 Å². The van der Waals surface area contributed by atoms with Gasteiger partial charge in [-0.05, 0) is 18.2 Å². The largest absolute Gasteiger partial charge is 0.439 e. The van der Waals surface area contributed by atoms with Gasteiger partial charge in [-0.1, -0.05) is 48.5 Å². The van der Waals surface area contributed by atoms with E-state index < -0.39 is 15.6 Å². The number of rotatable bonds is 6. The van der Waals surface area contributed by atoms with Gasteiger partial charge < -0.3 is 9.72 Å². The molecule has 0 aliphatic heterocycles. The molecule has 0 saturated heterocycles. The van der Waals surface area contributed by atoms with Crippen LogP contribution in [0.3, 0.4) is 0 Å². The van der Waals surface area contributed by atoms with Crippen molar-refractivity contribution in [3.8, 4) is 22.9 Å². The molecule has 0 saturated carbocycles. The minimum absolute atomic E-state index is 0.124. The van der Waals surface area contributed by atoms with Crippen molar-refractivity contribution in [2.75, 3.05) is 4.72 Å². The third-order valence-electron chi connectivity index (χ3n) is 4.03. The van der Waals surface area contributed by atoms with E-state index in [-0.39, 0.29) is 16.7 Å². The Balaban J connectivity index is 1.73. The maximum atomic E-state index is 12.7. The van der Waals surface area contributed by atoms with Crippen molar-refractivity contribution in [3.05, 3.63) is 95.4 Å². The zero-order valence-electron chi connectivity index (χ0n) is 15.5. The van der Waals surface area contributed by atoms with Gasteiger partial charge in [-0.25, -0.2) is 18.1 Å². The van der Waals surface area contributed by atoms with E-state index in [1.807, 2.05) is 48.5 Å². The Morgan fingerprint density at radius 3 is 2.23 bits per heavy atom. The number of sulfonamides is 1. The zero-order valence-corrected chi connectivity index (χ0v) is 16.3. The van der Waals surface area contributed by atoms with Crippen molar-refractivity contribution in [1.29, 1.82) is 0 Å². The number of nitrogens with zero attached hydrogens (tertiary/aromatic N) is 2. The minimum Gasteiger partial charge on any atom is -0.439 e. The summed E-state index contributed by atoms with van der Waals surface area (Å²) in [4.78, 5) is 21.9. The molecule has 2 aromatic carbocycles. The van der Waals surface area contributed by atoms with Gasteiger partial charge in [0.2, 0.25) is 17.4 Å². The van der Waals surface area contributed by atoms with Crippen LogP contribution < -0.4 is 15.0 Å². The molecule has 150 valence electrons. The summed E-state index contributed by atoms with van der Waals surface area (Å²) in [7, 11) is -4.02. The van der Waals surface area contributed by atoms with E-state index in [0.717, 1.165) is 17.8 Å². The van der Waals surface area contributed by atoms with E-state index in [4.69, 9.17) is 4.74 Å². The molecule has 4 rings (SSSR count). The van der Waals surface area contributed by atoms with Gasteiger partial charge in [-0.15, -0.1) is 0 Å². The van der Waals surface area contributed by atoms with Crippen LogP contribution in [0.5, 0.6) is 11.6 Å². The number of hydrogen-bond acceptors (Lipinski definition) is 6. The van der Waals surface area contributed by atoms with Crippen LogP contribution in [0.25, 0.3) is 11.3 Å². The summed E-state index contributed by atoms with van der Waals surface area (Å²) < 4.78 is 33.5. The average Bonchev–Trinajstić information content (AvgIpc) is 2.75. The van der Waals surface area contributed by atoms with Crippen LogP contribution in [0, 0.1) is 0 Å². The molecule has 9 heteroatoms. The summed E-state index contributed by atoms with van der Waals surface area (Å²) in [5, 5.41) is 0. The van der Waals surface area contributed by atoms with Gasteiger partial charge in [0.1, 0.15) is 10.6 Å². The molecule has 0 atom stereocenters. The molecule has 2 heterocycles. The molecule has 0 unspecified atom stereocenters. The lowest BCUT2D eigenvalue weighted by atomic mass is 10.1. The van der Waals surface area contributed by atoms with E-state index in [0.29, 0.717) is 11.4 Å². The van der Waals surface area contributed by atoms with Gasteiger partial charge in [-0.3, -0.25) is 4.79 Å². The van der Waals surface area contributed by atoms with Crippen molar-refractivity contribution in [3.63, 3.8) is 0 Å². The molecule has 0 bridgehead atoms. The number of pyridine rings is 1. The molecular formula is C21H16N4O4S. The van der Waals surface area contributed by atoms with Crippen LogP contribution in [0.1, 0.15) is 0 Å². The fourth-order valence-electron chi connectivity index (χ4n) is 2.63. The van der Waals surface area contributed by atoms with E-state index in [9.17, 15) is 13.2 Å². The quantitative estimate of drug-likeness (QED) is 0.494. The molecular weight excluding hydrogens is 404 g/mol. The Kier molecular flexibility index (Phi) is 5.27. The van der Waals surface area contributed by atoms with Gasteiger partial charge in [0.05, 0.1) is 5.69 Å². The molecule has 30 heavy (non-hydrogen) atoms. The molecule has 4 aromatic rings. The summed E-state index contributed by atoms with van der Waals surface area (Å²) in [5.74, 6) is 0.562. The van der Waals surface area contributed by atoms with E-state index in [1.165, 1.54) is 6.07 Å². The molecule has 2 N–H and O–H groups in total. The smallest absolute Gasteiger partial charge is 0.265 e. The standard InChI is InChI=1S/C21H16N4O4S/c26-19-12-11-17(14-22-19)30(27,28)25-21-23-18(15-7-3-1-4-8-15)13-20(24-21)29-16-9-5-2-6-10-16/h1-14H,(H,22,26)(H,23,24,25). The van der Waals surface area contributed by atoms with Crippen LogP contribution in [-0.2, 0) is 10.0 Å². The molecule has 2 aromatic heterocycles. The monoisotopic (exact) mass is 420 g/mol. The summed E-state index contributed by atoms with van der Waals surface area (Å²) in [5.41, 5.74) is 0.841. The maximum Gasteiger partial charge on any atom is 0.265 e. The highest BCUT2D eigenvalue weighted by atomic mass is 32.2. The number of H-pyrrole nitrogens is 1. The van der Waals surface area contributed by atoms with Crippen molar-refractivity contribution in [1.82, 2.24) is 15.0 Å². The average molecular weight is 420 g/mol. The molecule has 0 aliphatic carbocycles. The SMILES string of the molecule is O=c1ccc(S(=O)(=O)Nc2nc(Oc3ccccc3)cc(-c3ccccc3)n2)c[nH]1. The number of aromatic nitrogens is 3. The molecule has 0 amide bonds. The first-order chi connectivity index (χ1) is 14.5. The highest BCUT2D eigenvalue weighted by molar-refractivity contribution is 7.92. The lowest BCUT2D eigenvalue weighted by molar-refractivity contribution is 0.463. The van der Waals surface area contributed by atoms with E-state index >= 15 is 0 Å². The molecule has 0 radical (unpaired) electrons. The third kappa shape index (κ3) is 4.53. The van der Waals surface area contributed by atoms with Crippen molar-refractivity contribution in [2.24, 2.45) is 0 Å². The summed E-state index contributed by atoms with van der Waals surface area (Å²) in [6, 6.07) is 22.2. The summed E-state index contributed by atoms with van der Waals surface area (Å²) in [6.07, 6.45) is 1.10. The normalized spacial score (nSPS) is 11.1. The number of ether oxygens (including phenoxy) is 1. The highest BCUT2D eigenvalue weighted by Crippen LogP contribution is 2.26. The molecule has 8 nitrogen and oxygen atoms in total. The lowest BCUT2D eigenvalue weighted by Gasteiger charge is -2.11. The highest BCUT2D eigenvalue weighted by Gasteiger charge is 2.18. The number of aromatic amines is 1. The van der Waals surface area contributed by atoms with Crippen LogP contribution in [-0.4, -0.2) is 23.4 Å². The van der Waals surface area contributed by atoms with Crippen molar-refractivity contribution < 1.29 is 13.2 Å². The Bertz CT molecular complexity index is 1300. The summed E-state index contributed by atoms with van der Waals surface area (Å²) >= 11 is 0. The second-order valence-corrected chi connectivity index (χ2v) is 7.87. The molecule has 0 fully saturated rings. The van der Waals surface area contributed by atoms with Gasteiger partial charge in [-0.2, -0.15) is 4.98 Å². The van der Waals surface area contributed by atoms with E-state index in [2.05, 4.69) is 19.7 Å². The van der Waals surface area contributed by atoms with Gasteiger partial charge >= 0.3 is 0 Å². The van der Waals surface area contributed by atoms with Gasteiger partial charge in [0.15, 0.2) is 0 Å². The second kappa shape index (κ2) is 8.18. The van der Waals surface area contributed by atoms with Crippen molar-refractivity contribution in [2.45, 2.75) is 4.90 Å². The first-order valence-corrected chi connectivity index (χ1v) is 10.4. The maximum absolute atomic E-state index is 12.7. The summed E-state index contributed by atoms with van der Waals surface area (Å²) in [6.45, 7) is 0. The van der Waals surface area contributed by atoms with Crippen molar-refractivity contribution >= 4 is 16.0 Å². The topological polar surface area (TPSA) is 114 Å². The lowest BCUT2D eigenvalue weighted by Crippen LogP contribution is -2.17. The number of benzene rings is 2. The van der Waals surface area contributed by atoms with Crippen LogP contribution in [0.4, 0.5) is 5.95 Å². The number of nitrogens with one attached hydrogen (secondary N) is 2. The van der Waals surface area contributed by atoms with Gasteiger partial charge in [0.25, 0.3) is 10.0 Å². The number of anilines is 1. The third-order valence-corrected chi connectivity index (χ3v) is 5.36. The van der Waals surface area contributed by atoms with Crippen LogP contribution >= 0.6 is 0 Å². The van der Waals surface area contributed by atoms with Crippen LogP contribution in [0.15, 0.2) is 94.7 Å². The van der Waals surface area contributed by atoms with Crippen LogP contribution in [0.2, 0.25) is 0 Å². The molecule has 0 aliphatic rings. The fourth-order valence-corrected chi connectivity index (χ4v) is 3.54. The first kappa shape index (κ1) is 19.3. The fraction of sp³-hybridized carbons (Fsp3) is 0. The zero-order chi connectivity index (χ0) is 21.0. The Hall–Kier alpha value is -3.98. The second-order valence-electron chi connectivity index (χ2n) is 6.19. The van der Waals surface area contributed by atoms with E-state index in [1.54, 1.807) is 18.2 Å². The Morgan fingerprint density at radius 1 is 0.867 bits per heavy atom. The Morgan fingerprint density at radius 2 is 1.57 bits per heavy atom. The number of hydrogen-bond donors (Lipinski definition) is 2. The Labute approximate surface area is 172 Å².